The van der Waals surface area contributed by atoms with Crippen LogP contribution in [-0.2, 0) is 0 Å². The fourth-order valence-electron chi connectivity index (χ4n) is 0.779. The van der Waals surface area contributed by atoms with Gasteiger partial charge in [0, 0.05) is 6.20 Å². The van der Waals surface area contributed by atoms with E-state index in [-0.39, 0.29) is 5.60 Å². The molecule has 0 saturated heterocycles. The first-order valence-electron chi connectivity index (χ1n) is 3.88. The highest BCUT2D eigenvalue weighted by Crippen LogP contribution is 2.21. The highest BCUT2D eigenvalue weighted by atomic mass is 16.5. The highest BCUT2D eigenvalue weighted by Gasteiger charge is 2.13. The second-order valence-electron chi connectivity index (χ2n) is 3.61. The molecule has 0 bridgehead atoms. The Bertz CT molecular complexity index is 265. The average molecular weight is 166 g/mol. The number of aromatic nitrogens is 1. The maximum absolute atomic E-state index is 5.64. The van der Waals surface area contributed by atoms with Gasteiger partial charge in [0.05, 0.1) is 5.69 Å². The van der Waals surface area contributed by atoms with Crippen LogP contribution >= 0.6 is 0 Å². The molecule has 0 spiro atoms. The van der Waals surface area contributed by atoms with E-state index >= 15 is 0 Å². The molecule has 0 fully saturated rings. The minimum Gasteiger partial charge on any atom is -0.470 e. The van der Waals surface area contributed by atoms with Crippen molar-refractivity contribution in [3.8, 4) is 5.88 Å². The number of ether oxygens (including phenoxy) is 1. The van der Waals surface area contributed by atoms with Crippen LogP contribution in [0.4, 0.5) is 5.69 Å². The van der Waals surface area contributed by atoms with Crippen molar-refractivity contribution in [1.82, 2.24) is 4.98 Å². The summed E-state index contributed by atoms with van der Waals surface area (Å²) in [5.41, 5.74) is 5.97. The number of hydrogen-bond acceptors (Lipinski definition) is 3. The van der Waals surface area contributed by atoms with Crippen molar-refractivity contribution >= 4 is 5.69 Å². The zero-order valence-corrected chi connectivity index (χ0v) is 7.66. The zero-order valence-electron chi connectivity index (χ0n) is 7.66. The average Bonchev–Trinajstić information content (AvgIpc) is 1.91. The molecule has 0 saturated carbocycles. The molecule has 1 rings (SSSR count). The van der Waals surface area contributed by atoms with Gasteiger partial charge < -0.3 is 10.5 Å². The molecule has 12 heavy (non-hydrogen) atoms. The van der Waals surface area contributed by atoms with E-state index in [1.807, 2.05) is 20.8 Å². The van der Waals surface area contributed by atoms with Crippen molar-refractivity contribution in [2.24, 2.45) is 0 Å². The number of pyridine rings is 1. The minimum atomic E-state index is -0.248. The molecule has 0 aliphatic carbocycles. The Hall–Kier alpha value is -1.25. The van der Waals surface area contributed by atoms with Gasteiger partial charge in [-0.2, -0.15) is 0 Å². The van der Waals surface area contributed by atoms with E-state index in [4.69, 9.17) is 10.5 Å². The first-order valence-corrected chi connectivity index (χ1v) is 3.88. The lowest BCUT2D eigenvalue weighted by Gasteiger charge is -2.20. The van der Waals surface area contributed by atoms with E-state index in [9.17, 15) is 0 Å². The molecule has 66 valence electrons. The predicted octanol–water partition coefficient (Wildman–Crippen LogP) is 1.84. The Morgan fingerprint density at radius 2 is 2.08 bits per heavy atom. The molecule has 0 aliphatic heterocycles. The van der Waals surface area contributed by atoms with Crippen LogP contribution in [0.1, 0.15) is 20.8 Å². The Labute approximate surface area is 72.6 Å². The van der Waals surface area contributed by atoms with E-state index in [1.165, 1.54) is 0 Å². The van der Waals surface area contributed by atoms with Crippen LogP contribution in [-0.4, -0.2) is 10.6 Å². The number of anilines is 1. The summed E-state index contributed by atoms with van der Waals surface area (Å²) in [5.74, 6) is 0.505. The number of nitrogens with two attached hydrogens (primary N) is 1. The number of nitrogens with zero attached hydrogens (tertiary/aromatic N) is 1. The smallest absolute Gasteiger partial charge is 0.237 e. The van der Waals surface area contributed by atoms with Crippen LogP contribution in [0, 0.1) is 0 Å². The molecule has 0 atom stereocenters. The summed E-state index contributed by atoms with van der Waals surface area (Å²) in [5, 5.41) is 0. The van der Waals surface area contributed by atoms with Crippen LogP contribution in [0.2, 0.25) is 0 Å². The van der Waals surface area contributed by atoms with Gasteiger partial charge in [0.25, 0.3) is 0 Å². The van der Waals surface area contributed by atoms with Crippen LogP contribution in [0.3, 0.4) is 0 Å². The largest absolute Gasteiger partial charge is 0.470 e. The molecule has 1 heterocycles. The molecule has 0 amide bonds. The molecule has 0 radical (unpaired) electrons. The molecule has 3 nitrogen and oxygen atoms in total. The zero-order chi connectivity index (χ0) is 9.19. The van der Waals surface area contributed by atoms with Gasteiger partial charge in [-0.3, -0.25) is 0 Å². The van der Waals surface area contributed by atoms with Gasteiger partial charge in [-0.25, -0.2) is 4.98 Å². The monoisotopic (exact) mass is 166 g/mol. The van der Waals surface area contributed by atoms with E-state index in [2.05, 4.69) is 4.98 Å². The van der Waals surface area contributed by atoms with Crippen LogP contribution in [0.5, 0.6) is 5.88 Å². The number of rotatable bonds is 1. The Morgan fingerprint density at radius 3 is 2.58 bits per heavy atom. The third kappa shape index (κ3) is 2.42. The van der Waals surface area contributed by atoms with E-state index in [1.54, 1.807) is 18.3 Å². The molecule has 1 aromatic rings. The second kappa shape index (κ2) is 3.01. The summed E-state index contributed by atoms with van der Waals surface area (Å²) in [6, 6.07) is 3.55. The lowest BCUT2D eigenvalue weighted by atomic mass is 10.2. The van der Waals surface area contributed by atoms with Crippen LogP contribution in [0.15, 0.2) is 18.3 Å². The van der Waals surface area contributed by atoms with Crippen molar-refractivity contribution in [3.63, 3.8) is 0 Å². The number of hydrogen-bond donors (Lipinski definition) is 1. The lowest BCUT2D eigenvalue weighted by Crippen LogP contribution is -2.24. The standard InChI is InChI=1S/C9H14N2O/c1-9(2,3)12-8-7(10)5-4-6-11-8/h4-6H,10H2,1-3H3. The van der Waals surface area contributed by atoms with Crippen LogP contribution < -0.4 is 10.5 Å². The van der Waals surface area contributed by atoms with Gasteiger partial charge >= 0.3 is 0 Å². The van der Waals surface area contributed by atoms with Gasteiger partial charge in [0.15, 0.2) is 0 Å². The van der Waals surface area contributed by atoms with Crippen molar-refractivity contribution in [2.75, 3.05) is 5.73 Å². The van der Waals surface area contributed by atoms with Gasteiger partial charge in [-0.15, -0.1) is 0 Å². The Balaban J connectivity index is 2.83. The molecular weight excluding hydrogens is 152 g/mol. The Kier molecular flexibility index (Phi) is 2.22. The Morgan fingerprint density at radius 1 is 1.42 bits per heavy atom. The quantitative estimate of drug-likeness (QED) is 0.692. The van der Waals surface area contributed by atoms with Gasteiger partial charge in [0.1, 0.15) is 5.60 Å². The molecule has 2 N–H and O–H groups in total. The molecule has 0 unspecified atom stereocenters. The van der Waals surface area contributed by atoms with Gasteiger partial charge in [-0.05, 0) is 32.9 Å². The fraction of sp³-hybridized carbons (Fsp3) is 0.444. The summed E-state index contributed by atoms with van der Waals surface area (Å²) >= 11 is 0. The predicted molar refractivity (Wildman–Crippen MR) is 49.0 cm³/mol. The maximum atomic E-state index is 5.64. The van der Waals surface area contributed by atoms with Crippen molar-refractivity contribution < 1.29 is 4.74 Å². The van der Waals surface area contributed by atoms with Crippen molar-refractivity contribution in [3.05, 3.63) is 18.3 Å². The maximum Gasteiger partial charge on any atom is 0.237 e. The molecule has 3 heteroatoms. The fourth-order valence-corrected chi connectivity index (χ4v) is 0.779. The van der Waals surface area contributed by atoms with Gasteiger partial charge in [0.2, 0.25) is 5.88 Å². The summed E-state index contributed by atoms with van der Waals surface area (Å²) < 4.78 is 5.50. The highest BCUT2D eigenvalue weighted by molar-refractivity contribution is 5.47. The normalized spacial score (nSPS) is 11.2. The third-order valence-corrected chi connectivity index (χ3v) is 1.20. The summed E-state index contributed by atoms with van der Waals surface area (Å²) in [7, 11) is 0. The topological polar surface area (TPSA) is 48.1 Å². The molecule has 0 aliphatic rings. The van der Waals surface area contributed by atoms with Gasteiger partial charge in [-0.1, -0.05) is 0 Å². The summed E-state index contributed by atoms with van der Waals surface area (Å²) in [4.78, 5) is 4.02. The van der Waals surface area contributed by atoms with Crippen molar-refractivity contribution in [1.29, 1.82) is 0 Å². The van der Waals surface area contributed by atoms with E-state index in [0.717, 1.165) is 0 Å². The van der Waals surface area contributed by atoms with Crippen LogP contribution in [0.25, 0.3) is 0 Å². The molecular formula is C9H14N2O. The van der Waals surface area contributed by atoms with Crippen molar-refractivity contribution in [2.45, 2.75) is 26.4 Å². The molecule has 0 aromatic carbocycles. The summed E-state index contributed by atoms with van der Waals surface area (Å²) in [6.07, 6.45) is 1.66. The molecule has 1 aromatic heterocycles. The minimum absolute atomic E-state index is 0.248. The lowest BCUT2D eigenvalue weighted by molar-refractivity contribution is 0.125. The second-order valence-corrected chi connectivity index (χ2v) is 3.61. The first-order chi connectivity index (χ1) is 5.49. The SMILES string of the molecule is CC(C)(C)Oc1ncccc1N. The number of nitrogen functional groups attached to an aromatic ring is 1. The van der Waals surface area contributed by atoms with E-state index in [0.29, 0.717) is 11.6 Å². The summed E-state index contributed by atoms with van der Waals surface area (Å²) in [6.45, 7) is 5.88. The van der Waals surface area contributed by atoms with E-state index < -0.39 is 0 Å². The first kappa shape index (κ1) is 8.84. The third-order valence-electron chi connectivity index (χ3n) is 1.20.